The van der Waals surface area contributed by atoms with E-state index in [9.17, 15) is 0 Å². The lowest BCUT2D eigenvalue weighted by molar-refractivity contribution is 0.195. The van der Waals surface area contributed by atoms with Crippen molar-refractivity contribution in [3.63, 3.8) is 0 Å². The lowest BCUT2D eigenvalue weighted by atomic mass is 10.2. The van der Waals surface area contributed by atoms with Gasteiger partial charge in [-0.05, 0) is 62.6 Å². The number of nitrogens with zero attached hydrogens (tertiary/aromatic N) is 2. The minimum absolute atomic E-state index is 0.235. The van der Waals surface area contributed by atoms with E-state index in [1.807, 2.05) is 13.0 Å². The number of benzene rings is 1. The lowest BCUT2D eigenvalue weighted by Crippen LogP contribution is -2.27. The van der Waals surface area contributed by atoms with Crippen molar-refractivity contribution in [3.05, 3.63) is 23.9 Å². The van der Waals surface area contributed by atoms with Gasteiger partial charge in [-0.15, -0.1) is 0 Å². The molecule has 0 aliphatic carbocycles. The van der Waals surface area contributed by atoms with Gasteiger partial charge >= 0.3 is 0 Å². The number of ether oxygens (including phenoxy) is 1. The number of unbranched alkanes of at least 4 members (excludes halogenated alkanes) is 1. The van der Waals surface area contributed by atoms with Gasteiger partial charge in [-0.25, -0.2) is 0 Å². The molecule has 0 fully saturated rings. The van der Waals surface area contributed by atoms with Crippen LogP contribution in [0, 0.1) is 6.92 Å². The Morgan fingerprint density at radius 3 is 2.90 bits per heavy atom. The largest absolute Gasteiger partial charge is 0.494 e. The predicted octanol–water partition coefficient (Wildman–Crippen LogP) is 3.08. The number of rotatable bonds is 9. The highest BCUT2D eigenvalue weighted by Gasteiger charge is 2.04. The lowest BCUT2D eigenvalue weighted by Gasteiger charge is -2.18. The normalized spacial score (nSPS) is 11.4. The molecule has 0 aliphatic rings. The number of fused-ring (bicyclic) bond motifs is 1. The van der Waals surface area contributed by atoms with Crippen molar-refractivity contribution >= 4 is 21.6 Å². The summed E-state index contributed by atoms with van der Waals surface area (Å²) in [4.78, 5) is 2.26. The van der Waals surface area contributed by atoms with Gasteiger partial charge in [0.2, 0.25) is 0 Å². The Hall–Kier alpha value is -1.17. The average Bonchev–Trinajstić information content (AvgIpc) is 2.87. The third-order valence-corrected chi connectivity index (χ3v) is 4.52. The van der Waals surface area contributed by atoms with E-state index in [1.54, 1.807) is 0 Å². The predicted molar refractivity (Wildman–Crippen MR) is 88.3 cm³/mol. The van der Waals surface area contributed by atoms with Gasteiger partial charge in [-0.3, -0.25) is 0 Å². The van der Waals surface area contributed by atoms with Crippen molar-refractivity contribution in [2.24, 2.45) is 0 Å². The Balaban J connectivity index is 1.72. The van der Waals surface area contributed by atoms with Crippen LogP contribution in [0.2, 0.25) is 0 Å². The van der Waals surface area contributed by atoms with Crippen LogP contribution >= 0.6 is 11.5 Å². The molecule has 2 rings (SSSR count). The Morgan fingerprint density at radius 1 is 1.29 bits per heavy atom. The Bertz CT molecular complexity index is 556. The monoisotopic (exact) mass is 308 g/mol. The summed E-state index contributed by atoms with van der Waals surface area (Å²) in [6.45, 7) is 7.90. The summed E-state index contributed by atoms with van der Waals surface area (Å²) in [6, 6.07) is 6.18. The summed E-state index contributed by atoms with van der Waals surface area (Å²) >= 11 is 1.52. The van der Waals surface area contributed by atoms with Gasteiger partial charge in [0.1, 0.15) is 5.75 Å². The van der Waals surface area contributed by atoms with Gasteiger partial charge in [0, 0.05) is 11.9 Å². The van der Waals surface area contributed by atoms with Gasteiger partial charge < -0.3 is 14.7 Å². The molecule has 2 aromatic rings. The number of aliphatic hydroxyl groups is 1. The van der Waals surface area contributed by atoms with Crippen molar-refractivity contribution < 1.29 is 9.84 Å². The zero-order chi connectivity index (χ0) is 15.1. The second kappa shape index (κ2) is 8.32. The third kappa shape index (κ3) is 4.66. The van der Waals surface area contributed by atoms with Crippen LogP contribution in [-0.2, 0) is 0 Å². The molecule has 0 atom stereocenters. The molecule has 0 amide bonds. The van der Waals surface area contributed by atoms with E-state index in [-0.39, 0.29) is 6.61 Å². The molecule has 1 aromatic carbocycles. The first-order valence-electron chi connectivity index (χ1n) is 7.56. The molecule has 1 heterocycles. The summed E-state index contributed by atoms with van der Waals surface area (Å²) < 4.78 is 11.3. The average molecular weight is 308 g/mol. The molecule has 21 heavy (non-hydrogen) atoms. The number of aryl methyl sites for hydroxylation is 1. The molecule has 0 unspecified atom stereocenters. The van der Waals surface area contributed by atoms with Gasteiger partial charge in [0.05, 0.1) is 23.6 Å². The zero-order valence-corrected chi connectivity index (χ0v) is 13.7. The molecule has 4 nitrogen and oxygen atoms in total. The molecule has 116 valence electrons. The van der Waals surface area contributed by atoms with Crippen LogP contribution in [0.15, 0.2) is 18.2 Å². The number of aliphatic hydroxyl groups excluding tert-OH is 1. The van der Waals surface area contributed by atoms with Crippen LogP contribution in [0.1, 0.15) is 25.5 Å². The zero-order valence-electron chi connectivity index (χ0n) is 12.8. The van der Waals surface area contributed by atoms with Crippen molar-refractivity contribution in [3.8, 4) is 5.75 Å². The van der Waals surface area contributed by atoms with E-state index in [4.69, 9.17) is 9.84 Å². The highest BCUT2D eigenvalue weighted by molar-refractivity contribution is 7.13. The summed E-state index contributed by atoms with van der Waals surface area (Å²) in [5.74, 6) is 0.925. The van der Waals surface area contributed by atoms with Gasteiger partial charge in [0.25, 0.3) is 0 Å². The highest BCUT2D eigenvalue weighted by atomic mass is 32.1. The van der Waals surface area contributed by atoms with Crippen LogP contribution < -0.4 is 4.74 Å². The first kappa shape index (κ1) is 16.2. The second-order valence-electron chi connectivity index (χ2n) is 5.14. The number of hydrogen-bond acceptors (Lipinski definition) is 5. The van der Waals surface area contributed by atoms with Gasteiger partial charge in [-0.2, -0.15) is 4.37 Å². The fourth-order valence-electron chi connectivity index (χ4n) is 2.33. The molecule has 0 saturated carbocycles. The van der Waals surface area contributed by atoms with Crippen LogP contribution in [-0.4, -0.2) is 47.2 Å². The molecule has 0 bridgehead atoms. The number of likely N-dealkylation sites (N-methyl/N-ethyl adjacent to an activating group) is 1. The van der Waals surface area contributed by atoms with E-state index >= 15 is 0 Å². The van der Waals surface area contributed by atoms with E-state index in [2.05, 4.69) is 28.3 Å². The summed E-state index contributed by atoms with van der Waals surface area (Å²) in [6.07, 6.45) is 2.12. The third-order valence-electron chi connectivity index (χ3n) is 3.62. The maximum atomic E-state index is 8.94. The van der Waals surface area contributed by atoms with Gasteiger partial charge in [0.15, 0.2) is 0 Å². The minimum atomic E-state index is 0.235. The molecule has 1 aromatic heterocycles. The summed E-state index contributed by atoms with van der Waals surface area (Å²) in [5, 5.41) is 10.2. The summed E-state index contributed by atoms with van der Waals surface area (Å²) in [5.41, 5.74) is 1.09. The molecule has 5 heteroatoms. The van der Waals surface area contributed by atoms with Crippen molar-refractivity contribution in [2.45, 2.75) is 26.7 Å². The molecular formula is C16H24N2O2S. The molecule has 1 N–H and O–H groups in total. The van der Waals surface area contributed by atoms with E-state index in [0.29, 0.717) is 0 Å². The molecule has 0 radical (unpaired) electrons. The molecular weight excluding hydrogens is 284 g/mol. The SMILES string of the molecule is CCN(CCO)CCCCOc1ccc2c(C)nsc2c1. The molecule has 0 saturated heterocycles. The van der Waals surface area contributed by atoms with E-state index < -0.39 is 0 Å². The van der Waals surface area contributed by atoms with Crippen LogP contribution in [0.25, 0.3) is 10.1 Å². The van der Waals surface area contributed by atoms with Crippen molar-refractivity contribution in [1.29, 1.82) is 0 Å². The Morgan fingerprint density at radius 2 is 2.14 bits per heavy atom. The number of aromatic nitrogens is 1. The summed E-state index contributed by atoms with van der Waals surface area (Å²) in [7, 11) is 0. The van der Waals surface area contributed by atoms with E-state index in [1.165, 1.54) is 21.6 Å². The smallest absolute Gasteiger partial charge is 0.120 e. The highest BCUT2D eigenvalue weighted by Crippen LogP contribution is 2.26. The number of hydrogen-bond donors (Lipinski definition) is 1. The van der Waals surface area contributed by atoms with Crippen molar-refractivity contribution in [2.75, 3.05) is 32.8 Å². The van der Waals surface area contributed by atoms with Crippen LogP contribution in [0.5, 0.6) is 5.75 Å². The standard InChI is InChI=1S/C16H24N2O2S/c1-3-18(9-10-19)8-4-5-11-20-14-6-7-15-13(2)17-21-16(15)12-14/h6-7,12,19H,3-5,8-11H2,1-2H3. The second-order valence-corrected chi connectivity index (χ2v) is 5.94. The maximum Gasteiger partial charge on any atom is 0.120 e. The van der Waals surface area contributed by atoms with Gasteiger partial charge in [-0.1, -0.05) is 6.92 Å². The van der Waals surface area contributed by atoms with E-state index in [0.717, 1.165) is 50.5 Å². The quantitative estimate of drug-likeness (QED) is 0.723. The Kier molecular flexibility index (Phi) is 6.42. The Labute approximate surface area is 130 Å². The fourth-order valence-corrected chi connectivity index (χ4v) is 3.15. The molecule has 0 aliphatic heterocycles. The minimum Gasteiger partial charge on any atom is -0.494 e. The fraction of sp³-hybridized carbons (Fsp3) is 0.562. The van der Waals surface area contributed by atoms with Crippen molar-refractivity contribution in [1.82, 2.24) is 9.27 Å². The topological polar surface area (TPSA) is 45.6 Å². The molecule has 0 spiro atoms. The first-order chi connectivity index (χ1) is 10.2. The van der Waals surface area contributed by atoms with Crippen LogP contribution in [0.3, 0.4) is 0 Å². The van der Waals surface area contributed by atoms with Crippen LogP contribution in [0.4, 0.5) is 0 Å². The maximum absolute atomic E-state index is 8.94. The first-order valence-corrected chi connectivity index (χ1v) is 8.34.